The van der Waals surface area contributed by atoms with Crippen molar-refractivity contribution in [2.75, 3.05) is 26.4 Å². The molecule has 2 fully saturated rings. The minimum absolute atomic E-state index is 0.679. The predicted molar refractivity (Wildman–Crippen MR) is 124 cm³/mol. The number of ether oxygens (including phenoxy) is 6. The van der Waals surface area contributed by atoms with Gasteiger partial charge in [-0.25, -0.2) is 9.59 Å². The van der Waals surface area contributed by atoms with E-state index in [-0.39, 0.29) is 0 Å². The summed E-state index contributed by atoms with van der Waals surface area (Å²) in [6.07, 6.45) is -26.6. The maximum atomic E-state index is 11.8. The fourth-order valence-electron chi connectivity index (χ4n) is 3.80. The van der Waals surface area contributed by atoms with Crippen molar-refractivity contribution >= 4 is 17.9 Å². The molecule has 0 aromatic carbocycles. The van der Waals surface area contributed by atoms with E-state index in [0.717, 1.165) is 6.92 Å². The number of hydrogen-bond donors (Lipinski definition) is 11. The maximum absolute atomic E-state index is 11.8. The lowest BCUT2D eigenvalue weighted by molar-refractivity contribution is -0.333. The van der Waals surface area contributed by atoms with E-state index in [0.29, 0.717) is 0 Å². The Morgan fingerprint density at radius 2 is 1.26 bits per heavy atom. The maximum Gasteiger partial charge on any atom is 0.351 e. The summed E-state index contributed by atoms with van der Waals surface area (Å²) in [5.74, 6) is -4.04. The van der Waals surface area contributed by atoms with E-state index in [9.17, 15) is 70.6 Å². The van der Waals surface area contributed by atoms with Crippen molar-refractivity contribution < 1.29 is 99.0 Å². The number of hydrogen-bond acceptors (Lipinski definition) is 20. The van der Waals surface area contributed by atoms with Gasteiger partial charge in [0.25, 0.3) is 0 Å². The Hall–Kier alpha value is -1.99. The van der Waals surface area contributed by atoms with Crippen molar-refractivity contribution in [2.24, 2.45) is 0 Å². The van der Waals surface area contributed by atoms with E-state index in [4.69, 9.17) is 18.9 Å². The van der Waals surface area contributed by atoms with E-state index < -0.39 is 130 Å². The average molecular weight is 621 g/mol. The summed E-state index contributed by atoms with van der Waals surface area (Å²) in [6, 6.07) is 0. The first-order valence-electron chi connectivity index (χ1n) is 12.4. The number of aliphatic hydroxyl groups is 11. The number of rotatable bonds is 13. The molecule has 14 atom stereocenters. The third-order valence-corrected chi connectivity index (χ3v) is 6.29. The molecule has 0 spiro atoms. The van der Waals surface area contributed by atoms with Crippen LogP contribution in [0.15, 0.2) is 0 Å². The Kier molecular flexibility index (Phi) is 14.0. The topological polar surface area (TPSA) is 329 Å². The van der Waals surface area contributed by atoms with Gasteiger partial charge in [0.2, 0.25) is 0 Å². The highest BCUT2D eigenvalue weighted by molar-refractivity contribution is 5.89. The van der Waals surface area contributed by atoms with Gasteiger partial charge in [0, 0.05) is 6.92 Å². The van der Waals surface area contributed by atoms with Crippen LogP contribution in [0.1, 0.15) is 6.92 Å². The van der Waals surface area contributed by atoms with Gasteiger partial charge in [0.1, 0.15) is 67.1 Å². The first-order valence-corrected chi connectivity index (χ1v) is 12.4. The van der Waals surface area contributed by atoms with Crippen LogP contribution in [0.3, 0.4) is 0 Å². The molecule has 0 aliphatic carbocycles. The average Bonchev–Trinajstić information content (AvgIpc) is 2.96. The van der Waals surface area contributed by atoms with Gasteiger partial charge in [-0.05, 0) is 0 Å². The highest BCUT2D eigenvalue weighted by Gasteiger charge is 2.48. The zero-order valence-electron chi connectivity index (χ0n) is 22.0. The minimum Gasteiger partial charge on any atom is -0.454 e. The molecule has 2 rings (SSSR count). The third-order valence-electron chi connectivity index (χ3n) is 6.29. The third kappa shape index (κ3) is 9.25. The lowest BCUT2D eigenvalue weighted by Gasteiger charge is -2.42. The Labute approximate surface area is 236 Å². The van der Waals surface area contributed by atoms with Crippen LogP contribution < -0.4 is 0 Å². The van der Waals surface area contributed by atoms with Gasteiger partial charge in [0.15, 0.2) is 25.3 Å². The lowest BCUT2D eigenvalue weighted by atomic mass is 9.98. The number of carbonyl (C=O) groups excluding carboxylic acids is 3. The van der Waals surface area contributed by atoms with Gasteiger partial charge >= 0.3 is 17.9 Å². The van der Waals surface area contributed by atoms with Crippen LogP contribution in [0.25, 0.3) is 0 Å². The molecule has 11 N–H and O–H groups in total. The molecule has 2 saturated heterocycles. The van der Waals surface area contributed by atoms with Crippen LogP contribution >= 0.6 is 0 Å². The van der Waals surface area contributed by atoms with Crippen LogP contribution in [0.2, 0.25) is 0 Å². The van der Waals surface area contributed by atoms with Crippen LogP contribution in [0.5, 0.6) is 0 Å². The molecular formula is C22H36O20. The summed E-state index contributed by atoms with van der Waals surface area (Å²) in [5, 5.41) is 110. The molecule has 2 heterocycles. The minimum atomic E-state index is -2.56. The fourth-order valence-corrected chi connectivity index (χ4v) is 3.80. The lowest BCUT2D eigenvalue weighted by Crippen LogP contribution is -2.62. The van der Waals surface area contributed by atoms with Gasteiger partial charge in [-0.2, -0.15) is 0 Å². The summed E-state index contributed by atoms with van der Waals surface area (Å²) in [4.78, 5) is 33.9. The van der Waals surface area contributed by atoms with E-state index >= 15 is 0 Å². The van der Waals surface area contributed by atoms with Crippen molar-refractivity contribution in [2.45, 2.75) is 92.8 Å². The molecule has 0 unspecified atom stereocenters. The molecule has 0 radical (unpaired) electrons. The summed E-state index contributed by atoms with van der Waals surface area (Å²) < 4.78 is 29.3. The van der Waals surface area contributed by atoms with Crippen molar-refractivity contribution in [1.82, 2.24) is 0 Å². The Bertz CT molecular complexity index is 886. The molecule has 0 amide bonds. The molecule has 0 bridgehead atoms. The van der Waals surface area contributed by atoms with Crippen LogP contribution in [-0.4, -0.2) is 186 Å². The van der Waals surface area contributed by atoms with Crippen LogP contribution in [0.4, 0.5) is 0 Å². The molecule has 0 aromatic rings. The molecule has 2 aliphatic rings. The number of esters is 3. The van der Waals surface area contributed by atoms with Gasteiger partial charge in [-0.3, -0.25) is 4.79 Å². The van der Waals surface area contributed by atoms with E-state index in [1.807, 2.05) is 0 Å². The predicted octanol–water partition coefficient (Wildman–Crippen LogP) is -8.30. The second-order valence-corrected chi connectivity index (χ2v) is 9.45. The summed E-state index contributed by atoms with van der Waals surface area (Å²) in [6.45, 7) is -2.42. The van der Waals surface area contributed by atoms with Gasteiger partial charge in [-0.15, -0.1) is 0 Å². The summed E-state index contributed by atoms with van der Waals surface area (Å²) in [7, 11) is 0. The molecule has 42 heavy (non-hydrogen) atoms. The molecule has 0 saturated carbocycles. The second-order valence-electron chi connectivity index (χ2n) is 9.45. The normalized spacial score (nSPS) is 36.4. The largest absolute Gasteiger partial charge is 0.454 e. The molecule has 20 heteroatoms. The van der Waals surface area contributed by atoms with Crippen molar-refractivity contribution in [1.29, 1.82) is 0 Å². The van der Waals surface area contributed by atoms with E-state index in [2.05, 4.69) is 9.47 Å². The molecule has 0 aromatic heterocycles. The Morgan fingerprint density at radius 3 is 1.81 bits per heavy atom. The standard InChI is InChI=1S/C22H36O20/c1-6(24)37-5-10(26)42-20(36)17(33)14(30)11(27)7(25)3-38-21-19(35)16(32)13(29)9(41-21)4-39-22-18(34)15(31)12(28)8(2-23)40-22/h7-9,11-19,21-23,25,27-35H,2-5H2,1H3/t7-,8-,9-,11-,12-,13-,14+,15+,16+,17-,18-,19-,21+,22+/m1/s1. The fraction of sp³-hybridized carbons (Fsp3) is 0.864. The van der Waals surface area contributed by atoms with Crippen molar-refractivity contribution in [3.8, 4) is 0 Å². The zero-order chi connectivity index (χ0) is 31.9. The molecule has 20 nitrogen and oxygen atoms in total. The quantitative estimate of drug-likeness (QED) is 0.0672. The SMILES string of the molecule is CC(=O)OCC(=O)OC(=O)[C@H](O)[C@@H](O)[C@H](O)[C@H](O)CO[C@H]1O[C@H](CO[C@H]2O[C@H](CO)[C@@H](O)[C@H](O)[C@H]2O)[C@@H](O)[C@H](O)[C@H]1O. The molecule has 244 valence electrons. The molecule has 2 aliphatic heterocycles. The Morgan fingerprint density at radius 1 is 0.738 bits per heavy atom. The van der Waals surface area contributed by atoms with Gasteiger partial charge < -0.3 is 84.6 Å². The highest BCUT2D eigenvalue weighted by atomic mass is 16.7. The van der Waals surface area contributed by atoms with Gasteiger partial charge in [-0.1, -0.05) is 0 Å². The van der Waals surface area contributed by atoms with Crippen molar-refractivity contribution in [3.63, 3.8) is 0 Å². The second kappa shape index (κ2) is 16.2. The Balaban J connectivity index is 1.92. The van der Waals surface area contributed by atoms with Gasteiger partial charge in [0.05, 0.1) is 19.8 Å². The first-order chi connectivity index (χ1) is 19.6. The monoisotopic (exact) mass is 620 g/mol. The summed E-state index contributed by atoms with van der Waals surface area (Å²) >= 11 is 0. The first kappa shape index (κ1) is 36.2. The van der Waals surface area contributed by atoms with E-state index in [1.165, 1.54) is 0 Å². The van der Waals surface area contributed by atoms with E-state index in [1.54, 1.807) is 0 Å². The number of carbonyl (C=O) groups is 3. The zero-order valence-corrected chi connectivity index (χ0v) is 22.0. The van der Waals surface area contributed by atoms with Crippen LogP contribution in [-0.2, 0) is 42.8 Å². The van der Waals surface area contributed by atoms with Crippen LogP contribution in [0, 0.1) is 0 Å². The van der Waals surface area contributed by atoms with Crippen molar-refractivity contribution in [3.05, 3.63) is 0 Å². The number of aliphatic hydroxyl groups excluding tert-OH is 11. The smallest absolute Gasteiger partial charge is 0.351 e. The molecular weight excluding hydrogens is 584 g/mol. The highest BCUT2D eigenvalue weighted by Crippen LogP contribution is 2.26. The summed E-state index contributed by atoms with van der Waals surface area (Å²) in [5.41, 5.74) is 0.